The molecule has 1 aromatic carbocycles. The highest BCUT2D eigenvalue weighted by molar-refractivity contribution is 5.94. The number of rotatable bonds is 4. The van der Waals surface area contributed by atoms with Crippen molar-refractivity contribution < 1.29 is 9.53 Å². The van der Waals surface area contributed by atoms with E-state index >= 15 is 0 Å². The normalized spacial score (nSPS) is 10.6. The Morgan fingerprint density at radius 2 is 2.18 bits per heavy atom. The quantitative estimate of drug-likeness (QED) is 0.805. The van der Waals surface area contributed by atoms with Gasteiger partial charge in [0.15, 0.2) is 0 Å². The number of methoxy groups -OCH3 is 1. The van der Waals surface area contributed by atoms with Crippen LogP contribution >= 0.6 is 0 Å². The highest BCUT2D eigenvalue weighted by atomic mass is 16.5. The number of nitrogens with zero attached hydrogens (tertiary/aromatic N) is 2. The molecule has 0 bridgehead atoms. The topological polar surface area (TPSA) is 55.6 Å². The number of fused-ring (bicyclic) bond motifs is 1. The number of hydrogen-bond acceptors (Lipinski definition) is 3. The summed E-state index contributed by atoms with van der Waals surface area (Å²) in [6.07, 6.45) is 3.88. The molecule has 112 valence electrons. The first-order chi connectivity index (χ1) is 10.7. The molecule has 2 aromatic heterocycles. The molecule has 1 amide bonds. The standard InChI is InChI=1S/C17H17N3O2/c1-12-6-7-20-11-14(19-16(20)8-12)10-18-17(21)13-4-3-5-15(9-13)22-2/h3-9,11H,10H2,1-2H3,(H,18,21). The minimum absolute atomic E-state index is 0.146. The zero-order valence-corrected chi connectivity index (χ0v) is 12.5. The van der Waals surface area contributed by atoms with Gasteiger partial charge in [-0.15, -0.1) is 0 Å². The van der Waals surface area contributed by atoms with E-state index in [1.54, 1.807) is 31.4 Å². The monoisotopic (exact) mass is 295 g/mol. The van der Waals surface area contributed by atoms with Crippen LogP contribution in [-0.2, 0) is 6.54 Å². The number of benzene rings is 1. The highest BCUT2D eigenvalue weighted by Gasteiger charge is 2.08. The maximum absolute atomic E-state index is 12.2. The lowest BCUT2D eigenvalue weighted by Gasteiger charge is -2.05. The van der Waals surface area contributed by atoms with Crippen LogP contribution in [0.15, 0.2) is 48.8 Å². The Bertz CT molecular complexity index is 824. The molecule has 0 fully saturated rings. The first-order valence-corrected chi connectivity index (χ1v) is 7.02. The van der Waals surface area contributed by atoms with Gasteiger partial charge in [0, 0.05) is 18.0 Å². The number of carbonyl (C=O) groups excluding carboxylic acids is 1. The third-order valence-electron chi connectivity index (χ3n) is 3.43. The summed E-state index contributed by atoms with van der Waals surface area (Å²) in [5, 5.41) is 2.87. The van der Waals surface area contributed by atoms with E-state index < -0.39 is 0 Å². The number of hydrogen-bond donors (Lipinski definition) is 1. The van der Waals surface area contributed by atoms with Crippen molar-refractivity contribution in [2.75, 3.05) is 7.11 Å². The maximum Gasteiger partial charge on any atom is 0.251 e. The summed E-state index contributed by atoms with van der Waals surface area (Å²) < 4.78 is 7.07. The first kappa shape index (κ1) is 14.1. The number of nitrogens with one attached hydrogen (secondary N) is 1. The van der Waals surface area contributed by atoms with E-state index in [-0.39, 0.29) is 5.91 Å². The van der Waals surface area contributed by atoms with Crippen molar-refractivity contribution in [3.63, 3.8) is 0 Å². The summed E-state index contributed by atoms with van der Waals surface area (Å²) in [5.74, 6) is 0.517. The van der Waals surface area contributed by atoms with Gasteiger partial charge in [-0.2, -0.15) is 0 Å². The van der Waals surface area contributed by atoms with E-state index in [0.717, 1.165) is 16.9 Å². The van der Waals surface area contributed by atoms with E-state index in [0.29, 0.717) is 17.9 Å². The molecule has 0 aliphatic heterocycles. The van der Waals surface area contributed by atoms with Crippen LogP contribution in [0.4, 0.5) is 0 Å². The van der Waals surface area contributed by atoms with Gasteiger partial charge in [-0.05, 0) is 42.8 Å². The molecule has 0 radical (unpaired) electrons. The minimum atomic E-state index is -0.146. The molecule has 0 saturated carbocycles. The summed E-state index contributed by atoms with van der Waals surface area (Å²) >= 11 is 0. The number of carbonyl (C=O) groups is 1. The van der Waals surface area contributed by atoms with Gasteiger partial charge in [0.2, 0.25) is 0 Å². The number of aryl methyl sites for hydroxylation is 1. The van der Waals surface area contributed by atoms with Crippen molar-refractivity contribution in [2.24, 2.45) is 0 Å². The van der Waals surface area contributed by atoms with Gasteiger partial charge in [-0.1, -0.05) is 6.07 Å². The summed E-state index contributed by atoms with van der Waals surface area (Å²) in [7, 11) is 1.58. The molecule has 3 aromatic rings. The van der Waals surface area contributed by atoms with E-state index in [2.05, 4.69) is 10.3 Å². The number of ether oxygens (including phenoxy) is 1. The molecule has 2 heterocycles. The zero-order valence-electron chi connectivity index (χ0n) is 12.5. The third-order valence-corrected chi connectivity index (χ3v) is 3.43. The van der Waals surface area contributed by atoms with Crippen molar-refractivity contribution in [1.29, 1.82) is 0 Å². The van der Waals surface area contributed by atoms with E-state index in [1.165, 1.54) is 0 Å². The predicted molar refractivity (Wildman–Crippen MR) is 84.1 cm³/mol. The SMILES string of the molecule is COc1cccc(C(=O)NCc2cn3ccc(C)cc3n2)c1. The molecule has 0 unspecified atom stereocenters. The summed E-state index contributed by atoms with van der Waals surface area (Å²) in [4.78, 5) is 16.7. The highest BCUT2D eigenvalue weighted by Crippen LogP contribution is 2.13. The lowest BCUT2D eigenvalue weighted by Crippen LogP contribution is -2.22. The molecule has 5 heteroatoms. The molecule has 0 atom stereocenters. The van der Waals surface area contributed by atoms with Crippen LogP contribution < -0.4 is 10.1 Å². The molecule has 0 aliphatic rings. The average molecular weight is 295 g/mol. The van der Waals surface area contributed by atoms with Gasteiger partial charge in [0.25, 0.3) is 5.91 Å². The van der Waals surface area contributed by atoms with Gasteiger partial charge in [0.1, 0.15) is 11.4 Å². The van der Waals surface area contributed by atoms with Crippen molar-refractivity contribution in [3.05, 3.63) is 65.6 Å². The van der Waals surface area contributed by atoms with Crippen LogP contribution in [-0.4, -0.2) is 22.4 Å². The fraction of sp³-hybridized carbons (Fsp3) is 0.176. The summed E-state index contributed by atoms with van der Waals surface area (Å²) in [6.45, 7) is 2.41. The van der Waals surface area contributed by atoms with Crippen LogP contribution in [0, 0.1) is 6.92 Å². The van der Waals surface area contributed by atoms with Gasteiger partial charge >= 0.3 is 0 Å². The molecule has 22 heavy (non-hydrogen) atoms. The molecule has 1 N–H and O–H groups in total. The predicted octanol–water partition coefficient (Wildman–Crippen LogP) is 2.58. The summed E-state index contributed by atoms with van der Waals surface area (Å²) in [5.41, 5.74) is 3.43. The van der Waals surface area contributed by atoms with E-state index in [1.807, 2.05) is 35.9 Å². The van der Waals surface area contributed by atoms with Gasteiger partial charge in [0.05, 0.1) is 19.3 Å². The van der Waals surface area contributed by atoms with Crippen LogP contribution in [0.1, 0.15) is 21.6 Å². The zero-order chi connectivity index (χ0) is 15.5. The van der Waals surface area contributed by atoms with Crippen LogP contribution in [0.25, 0.3) is 5.65 Å². The van der Waals surface area contributed by atoms with Crippen molar-refractivity contribution in [2.45, 2.75) is 13.5 Å². The minimum Gasteiger partial charge on any atom is -0.497 e. The van der Waals surface area contributed by atoms with Crippen LogP contribution in [0.5, 0.6) is 5.75 Å². The third kappa shape index (κ3) is 2.93. The first-order valence-electron chi connectivity index (χ1n) is 7.02. The Kier molecular flexibility index (Phi) is 3.78. The molecular formula is C17H17N3O2. The fourth-order valence-corrected chi connectivity index (χ4v) is 2.26. The summed E-state index contributed by atoms with van der Waals surface area (Å²) in [6, 6.07) is 11.1. The smallest absolute Gasteiger partial charge is 0.251 e. The Balaban J connectivity index is 1.71. The number of aromatic nitrogens is 2. The molecule has 0 saturated heterocycles. The van der Waals surface area contributed by atoms with Crippen LogP contribution in [0.2, 0.25) is 0 Å². The van der Waals surface area contributed by atoms with Gasteiger partial charge in [-0.25, -0.2) is 4.98 Å². The van der Waals surface area contributed by atoms with Crippen molar-refractivity contribution >= 4 is 11.6 Å². The van der Waals surface area contributed by atoms with Gasteiger partial charge < -0.3 is 14.5 Å². The van der Waals surface area contributed by atoms with Gasteiger partial charge in [-0.3, -0.25) is 4.79 Å². The second kappa shape index (κ2) is 5.89. The lowest BCUT2D eigenvalue weighted by molar-refractivity contribution is 0.0950. The van der Waals surface area contributed by atoms with E-state index in [4.69, 9.17) is 4.74 Å². The Morgan fingerprint density at radius 1 is 1.32 bits per heavy atom. The second-order valence-electron chi connectivity index (χ2n) is 5.12. The molecule has 5 nitrogen and oxygen atoms in total. The number of imidazole rings is 1. The van der Waals surface area contributed by atoms with Crippen molar-refractivity contribution in [1.82, 2.24) is 14.7 Å². The Hall–Kier alpha value is -2.82. The fourth-order valence-electron chi connectivity index (χ4n) is 2.26. The maximum atomic E-state index is 12.2. The number of amides is 1. The Labute approximate surface area is 128 Å². The van der Waals surface area contributed by atoms with Crippen molar-refractivity contribution in [3.8, 4) is 5.75 Å². The number of pyridine rings is 1. The average Bonchev–Trinajstić information content (AvgIpc) is 2.94. The molecule has 0 aliphatic carbocycles. The lowest BCUT2D eigenvalue weighted by atomic mass is 10.2. The second-order valence-corrected chi connectivity index (χ2v) is 5.12. The Morgan fingerprint density at radius 3 is 3.00 bits per heavy atom. The van der Waals surface area contributed by atoms with E-state index in [9.17, 15) is 4.79 Å². The molecular weight excluding hydrogens is 278 g/mol. The molecule has 0 spiro atoms. The molecule has 3 rings (SSSR count). The largest absolute Gasteiger partial charge is 0.497 e. The van der Waals surface area contributed by atoms with Crippen LogP contribution in [0.3, 0.4) is 0 Å².